The first kappa shape index (κ1) is 8.21. The molecule has 7 atom stereocenters. The van der Waals surface area contributed by atoms with E-state index in [9.17, 15) is 5.11 Å². The van der Waals surface area contributed by atoms with Gasteiger partial charge in [0.05, 0.1) is 24.9 Å². The van der Waals surface area contributed by atoms with E-state index in [1.807, 2.05) is 0 Å². The quantitative estimate of drug-likeness (QED) is 0.593. The third kappa shape index (κ3) is 0.853. The predicted molar refractivity (Wildman–Crippen MR) is 46.2 cm³/mol. The Labute approximate surface area is 78.0 Å². The summed E-state index contributed by atoms with van der Waals surface area (Å²) in [6, 6.07) is 0. The minimum atomic E-state index is -0.296. The van der Waals surface area contributed by atoms with Crippen LogP contribution in [0.3, 0.4) is 0 Å². The summed E-state index contributed by atoms with van der Waals surface area (Å²) < 4.78 is 11.5. The molecule has 3 bridgehead atoms. The number of aliphatic hydroxyl groups excluding tert-OH is 1. The molecule has 0 spiro atoms. The van der Waals surface area contributed by atoms with Gasteiger partial charge in [-0.25, -0.2) is 0 Å². The zero-order valence-corrected chi connectivity index (χ0v) is 8.01. The number of rotatable bonds is 0. The molecule has 0 aromatic carbocycles. The van der Waals surface area contributed by atoms with Crippen LogP contribution in [0.5, 0.6) is 0 Å². The van der Waals surface area contributed by atoms with Crippen LogP contribution in [0.4, 0.5) is 0 Å². The van der Waals surface area contributed by atoms with Crippen LogP contribution < -0.4 is 0 Å². The fourth-order valence-electron chi connectivity index (χ4n) is 3.26. The van der Waals surface area contributed by atoms with Gasteiger partial charge in [0, 0.05) is 11.8 Å². The van der Waals surface area contributed by atoms with E-state index in [0.29, 0.717) is 30.5 Å². The lowest BCUT2D eigenvalue weighted by Crippen LogP contribution is -2.53. The molecule has 3 aliphatic rings. The van der Waals surface area contributed by atoms with Crippen molar-refractivity contribution in [3.63, 3.8) is 0 Å². The molecule has 0 saturated carbocycles. The van der Waals surface area contributed by atoms with E-state index < -0.39 is 0 Å². The van der Waals surface area contributed by atoms with Gasteiger partial charge in [0.1, 0.15) is 6.10 Å². The van der Waals surface area contributed by atoms with Gasteiger partial charge in [-0.05, 0) is 5.92 Å². The Hall–Kier alpha value is -0.120. The Kier molecular flexibility index (Phi) is 1.56. The van der Waals surface area contributed by atoms with Crippen molar-refractivity contribution in [1.82, 2.24) is 0 Å². The molecule has 3 nitrogen and oxygen atoms in total. The zero-order valence-electron chi connectivity index (χ0n) is 8.01. The van der Waals surface area contributed by atoms with Crippen molar-refractivity contribution in [3.8, 4) is 0 Å². The van der Waals surface area contributed by atoms with Crippen molar-refractivity contribution < 1.29 is 14.6 Å². The van der Waals surface area contributed by atoms with E-state index in [1.165, 1.54) is 0 Å². The smallest absolute Gasteiger partial charge is 0.111 e. The molecular weight excluding hydrogens is 168 g/mol. The average molecular weight is 184 g/mol. The molecule has 3 fully saturated rings. The molecule has 3 aliphatic heterocycles. The van der Waals surface area contributed by atoms with Gasteiger partial charge in [-0.1, -0.05) is 13.8 Å². The minimum absolute atomic E-state index is 0.0463. The third-order valence-corrected chi connectivity index (χ3v) is 4.12. The average Bonchev–Trinajstić information content (AvgIpc) is 2.35. The summed E-state index contributed by atoms with van der Waals surface area (Å²) >= 11 is 0. The number of fused-ring (bicyclic) bond motifs is 2. The summed E-state index contributed by atoms with van der Waals surface area (Å²) in [5.41, 5.74) is 0. The van der Waals surface area contributed by atoms with Crippen molar-refractivity contribution >= 4 is 0 Å². The highest BCUT2D eigenvalue weighted by Crippen LogP contribution is 2.48. The Bertz CT molecular complexity index is 208. The second-order valence-electron chi connectivity index (χ2n) is 4.74. The molecule has 0 aromatic heterocycles. The standard InChI is InChI=1S/C10H16O3/c1-4-6-3-12-9-5(2)8(4)13-10(9)7(6)11/h4-11H,3H2,1-2H3/t4-,5-,6-,7-,8?,9+,10+/m0/s1. The van der Waals surface area contributed by atoms with Gasteiger partial charge in [-0.3, -0.25) is 0 Å². The second kappa shape index (κ2) is 2.47. The van der Waals surface area contributed by atoms with Gasteiger partial charge in [0.15, 0.2) is 0 Å². The lowest BCUT2D eigenvalue weighted by atomic mass is 9.82. The van der Waals surface area contributed by atoms with Crippen molar-refractivity contribution in [2.24, 2.45) is 17.8 Å². The van der Waals surface area contributed by atoms with Gasteiger partial charge < -0.3 is 14.6 Å². The van der Waals surface area contributed by atoms with Crippen LogP contribution in [0.15, 0.2) is 0 Å². The van der Waals surface area contributed by atoms with Gasteiger partial charge in [0.25, 0.3) is 0 Å². The third-order valence-electron chi connectivity index (χ3n) is 4.12. The van der Waals surface area contributed by atoms with Crippen LogP contribution in [-0.4, -0.2) is 36.1 Å². The molecule has 0 amide bonds. The van der Waals surface area contributed by atoms with Crippen LogP contribution in [0.25, 0.3) is 0 Å². The molecule has 13 heavy (non-hydrogen) atoms. The summed E-state index contributed by atoms with van der Waals surface area (Å²) in [5, 5.41) is 9.97. The van der Waals surface area contributed by atoms with Crippen molar-refractivity contribution in [2.75, 3.05) is 6.61 Å². The van der Waals surface area contributed by atoms with E-state index in [2.05, 4.69) is 13.8 Å². The highest BCUT2D eigenvalue weighted by atomic mass is 16.6. The molecule has 0 aromatic rings. The molecule has 3 rings (SSSR count). The monoisotopic (exact) mass is 184 g/mol. The molecule has 74 valence electrons. The molecular formula is C10H16O3. The molecule has 1 unspecified atom stereocenters. The van der Waals surface area contributed by atoms with Gasteiger partial charge in [-0.15, -0.1) is 0 Å². The first-order valence-electron chi connectivity index (χ1n) is 5.15. The first-order valence-corrected chi connectivity index (χ1v) is 5.15. The maximum Gasteiger partial charge on any atom is 0.111 e. The topological polar surface area (TPSA) is 38.7 Å². The number of hydrogen-bond donors (Lipinski definition) is 1. The molecule has 0 radical (unpaired) electrons. The predicted octanol–water partition coefficient (Wildman–Crippen LogP) is 0.415. The maximum atomic E-state index is 9.97. The Balaban J connectivity index is 2.01. The van der Waals surface area contributed by atoms with Crippen LogP contribution >= 0.6 is 0 Å². The first-order chi connectivity index (χ1) is 6.20. The van der Waals surface area contributed by atoms with Gasteiger partial charge in [-0.2, -0.15) is 0 Å². The van der Waals surface area contributed by atoms with Gasteiger partial charge in [0.2, 0.25) is 0 Å². The zero-order chi connectivity index (χ0) is 9.16. The molecule has 3 heteroatoms. The second-order valence-corrected chi connectivity index (χ2v) is 4.74. The Morgan fingerprint density at radius 3 is 2.62 bits per heavy atom. The van der Waals surface area contributed by atoms with E-state index in [4.69, 9.17) is 9.47 Å². The number of aliphatic hydroxyl groups is 1. The maximum absolute atomic E-state index is 9.97. The van der Waals surface area contributed by atoms with Crippen molar-refractivity contribution in [2.45, 2.75) is 38.3 Å². The molecule has 1 N–H and O–H groups in total. The van der Waals surface area contributed by atoms with E-state index in [-0.39, 0.29) is 18.3 Å². The SMILES string of the molecule is C[C@@H]1C2O[C@@H]3[C@@H](O)[C@H]1CO[C@@H]3[C@H]2C. The molecule has 3 saturated heterocycles. The fourth-order valence-corrected chi connectivity index (χ4v) is 3.26. The fraction of sp³-hybridized carbons (Fsp3) is 1.00. The lowest BCUT2D eigenvalue weighted by molar-refractivity contribution is -0.203. The largest absolute Gasteiger partial charge is 0.390 e. The van der Waals surface area contributed by atoms with Gasteiger partial charge >= 0.3 is 0 Å². The normalized spacial score (nSPS) is 64.4. The lowest BCUT2D eigenvalue weighted by Gasteiger charge is -2.42. The summed E-state index contributed by atoms with van der Waals surface area (Å²) in [6.07, 6.45) is 0.108. The summed E-state index contributed by atoms with van der Waals surface area (Å²) in [5.74, 6) is 1.18. The summed E-state index contributed by atoms with van der Waals surface area (Å²) in [6.45, 7) is 5.06. The van der Waals surface area contributed by atoms with Crippen LogP contribution in [0.1, 0.15) is 13.8 Å². The van der Waals surface area contributed by atoms with E-state index >= 15 is 0 Å². The summed E-state index contributed by atoms with van der Waals surface area (Å²) in [4.78, 5) is 0. The number of hydrogen-bond acceptors (Lipinski definition) is 3. The van der Waals surface area contributed by atoms with Crippen LogP contribution in [-0.2, 0) is 9.47 Å². The summed E-state index contributed by atoms with van der Waals surface area (Å²) in [7, 11) is 0. The highest BCUT2D eigenvalue weighted by molar-refractivity contribution is 5.06. The molecule has 3 heterocycles. The van der Waals surface area contributed by atoms with Crippen LogP contribution in [0.2, 0.25) is 0 Å². The molecule has 0 aliphatic carbocycles. The van der Waals surface area contributed by atoms with Crippen LogP contribution in [0, 0.1) is 17.8 Å². The van der Waals surface area contributed by atoms with Crippen molar-refractivity contribution in [3.05, 3.63) is 0 Å². The minimum Gasteiger partial charge on any atom is -0.390 e. The van der Waals surface area contributed by atoms with Crippen molar-refractivity contribution in [1.29, 1.82) is 0 Å². The highest BCUT2D eigenvalue weighted by Gasteiger charge is 2.59. The number of ether oxygens (including phenoxy) is 2. The van der Waals surface area contributed by atoms with E-state index in [0.717, 1.165) is 0 Å². The Morgan fingerprint density at radius 2 is 1.85 bits per heavy atom. The van der Waals surface area contributed by atoms with E-state index in [1.54, 1.807) is 0 Å². The Morgan fingerprint density at radius 1 is 1.08 bits per heavy atom.